The first-order valence-electron chi connectivity index (χ1n) is 6.86. The van der Waals surface area contributed by atoms with Crippen molar-refractivity contribution < 1.29 is 8.81 Å². The Morgan fingerprint density at radius 2 is 2.00 bits per heavy atom. The SMILES string of the molecule is CCNC(c1ccc(Cl)c(F)c1)c1cc2ccccc2o1. The fourth-order valence-corrected chi connectivity index (χ4v) is 2.54. The van der Waals surface area contributed by atoms with Gasteiger partial charge in [0.25, 0.3) is 0 Å². The summed E-state index contributed by atoms with van der Waals surface area (Å²) >= 11 is 5.75. The van der Waals surface area contributed by atoms with Gasteiger partial charge in [-0.3, -0.25) is 0 Å². The molecule has 0 saturated heterocycles. The van der Waals surface area contributed by atoms with Crippen molar-refractivity contribution in [2.45, 2.75) is 13.0 Å². The maximum atomic E-state index is 13.7. The Hall–Kier alpha value is -1.84. The lowest BCUT2D eigenvalue weighted by Crippen LogP contribution is -2.21. The monoisotopic (exact) mass is 303 g/mol. The molecule has 1 N–H and O–H groups in total. The summed E-state index contributed by atoms with van der Waals surface area (Å²) < 4.78 is 19.6. The Morgan fingerprint density at radius 3 is 2.71 bits per heavy atom. The van der Waals surface area contributed by atoms with Crippen LogP contribution in [0.1, 0.15) is 24.3 Å². The van der Waals surface area contributed by atoms with Crippen molar-refractivity contribution in [3.63, 3.8) is 0 Å². The number of furan rings is 1. The van der Waals surface area contributed by atoms with Gasteiger partial charge in [0, 0.05) is 5.39 Å². The molecule has 0 amide bonds. The van der Waals surface area contributed by atoms with Gasteiger partial charge in [0.1, 0.15) is 17.2 Å². The molecule has 1 heterocycles. The van der Waals surface area contributed by atoms with Crippen LogP contribution in [0.4, 0.5) is 4.39 Å². The van der Waals surface area contributed by atoms with Crippen LogP contribution in [0.25, 0.3) is 11.0 Å². The molecule has 0 aliphatic rings. The first-order chi connectivity index (χ1) is 10.2. The van der Waals surface area contributed by atoms with E-state index in [1.165, 1.54) is 6.07 Å². The lowest BCUT2D eigenvalue weighted by atomic mass is 10.0. The Kier molecular flexibility index (Phi) is 3.95. The third-order valence-corrected chi connectivity index (χ3v) is 3.72. The van der Waals surface area contributed by atoms with Crippen LogP contribution in [0.3, 0.4) is 0 Å². The second kappa shape index (κ2) is 5.88. The fourth-order valence-electron chi connectivity index (χ4n) is 2.42. The molecule has 0 aliphatic carbocycles. The zero-order chi connectivity index (χ0) is 14.8. The number of fused-ring (bicyclic) bond motifs is 1. The molecule has 1 atom stereocenters. The van der Waals surface area contributed by atoms with Crippen LogP contribution < -0.4 is 5.32 Å². The van der Waals surface area contributed by atoms with Crippen LogP contribution in [0.2, 0.25) is 5.02 Å². The fraction of sp³-hybridized carbons (Fsp3) is 0.176. The normalized spacial score (nSPS) is 12.7. The van der Waals surface area contributed by atoms with E-state index in [0.29, 0.717) is 0 Å². The van der Waals surface area contributed by atoms with Crippen LogP contribution in [0, 0.1) is 5.82 Å². The molecule has 3 rings (SSSR count). The lowest BCUT2D eigenvalue weighted by molar-refractivity contribution is 0.475. The van der Waals surface area contributed by atoms with E-state index in [2.05, 4.69) is 5.32 Å². The van der Waals surface area contributed by atoms with Crippen LogP contribution in [-0.2, 0) is 0 Å². The predicted molar refractivity (Wildman–Crippen MR) is 83.1 cm³/mol. The summed E-state index contributed by atoms with van der Waals surface area (Å²) in [6.07, 6.45) is 0. The first kappa shape index (κ1) is 14.1. The van der Waals surface area contributed by atoms with Gasteiger partial charge in [-0.2, -0.15) is 0 Å². The summed E-state index contributed by atoms with van der Waals surface area (Å²) in [7, 11) is 0. The Morgan fingerprint density at radius 1 is 1.19 bits per heavy atom. The second-order valence-electron chi connectivity index (χ2n) is 4.85. The van der Waals surface area contributed by atoms with Crippen LogP contribution in [0.5, 0.6) is 0 Å². The average Bonchev–Trinajstić information content (AvgIpc) is 2.91. The molecule has 3 aromatic rings. The molecule has 21 heavy (non-hydrogen) atoms. The summed E-state index contributed by atoms with van der Waals surface area (Å²) in [5.74, 6) is 0.341. The molecule has 0 radical (unpaired) electrons. The van der Waals surface area contributed by atoms with Crippen molar-refractivity contribution in [3.8, 4) is 0 Å². The summed E-state index contributed by atoms with van der Waals surface area (Å²) in [5, 5.41) is 4.48. The van der Waals surface area contributed by atoms with Crippen LogP contribution in [-0.4, -0.2) is 6.54 Å². The molecule has 0 bridgehead atoms. The third-order valence-electron chi connectivity index (χ3n) is 3.41. The highest BCUT2D eigenvalue weighted by Gasteiger charge is 2.18. The molecule has 1 unspecified atom stereocenters. The van der Waals surface area contributed by atoms with Gasteiger partial charge in [-0.25, -0.2) is 4.39 Å². The minimum absolute atomic E-state index is 0.124. The summed E-state index contributed by atoms with van der Waals surface area (Å²) in [6.45, 7) is 2.74. The topological polar surface area (TPSA) is 25.2 Å². The van der Waals surface area contributed by atoms with Gasteiger partial charge in [0.2, 0.25) is 0 Å². The van der Waals surface area contributed by atoms with Crippen LogP contribution in [0.15, 0.2) is 52.9 Å². The van der Waals surface area contributed by atoms with E-state index < -0.39 is 5.82 Å². The van der Waals surface area contributed by atoms with E-state index in [-0.39, 0.29) is 11.1 Å². The Bertz CT molecular complexity index is 735. The van der Waals surface area contributed by atoms with Gasteiger partial charge in [-0.05, 0) is 36.4 Å². The number of hydrogen-bond donors (Lipinski definition) is 1. The number of benzene rings is 2. The minimum atomic E-state index is -0.423. The number of halogens is 2. The van der Waals surface area contributed by atoms with E-state index in [4.69, 9.17) is 16.0 Å². The van der Waals surface area contributed by atoms with E-state index >= 15 is 0 Å². The quantitative estimate of drug-likeness (QED) is 0.739. The zero-order valence-corrected chi connectivity index (χ0v) is 12.3. The predicted octanol–water partition coefficient (Wildman–Crippen LogP) is 4.92. The second-order valence-corrected chi connectivity index (χ2v) is 5.26. The van der Waals surface area contributed by atoms with E-state index in [9.17, 15) is 4.39 Å². The van der Waals surface area contributed by atoms with Gasteiger partial charge in [-0.1, -0.05) is 42.8 Å². The standard InChI is InChI=1S/C17H15ClFNO/c1-2-20-17(12-7-8-13(18)14(19)9-12)16-10-11-5-3-4-6-15(11)21-16/h3-10,17,20H,2H2,1H3. The van der Waals surface area contributed by atoms with Gasteiger partial charge < -0.3 is 9.73 Å². The molecule has 0 saturated carbocycles. The molecule has 0 spiro atoms. The van der Waals surface area contributed by atoms with Crippen LogP contribution >= 0.6 is 11.6 Å². The smallest absolute Gasteiger partial charge is 0.142 e. The zero-order valence-electron chi connectivity index (χ0n) is 11.6. The average molecular weight is 304 g/mol. The van der Waals surface area contributed by atoms with Crippen molar-refractivity contribution >= 4 is 22.6 Å². The first-order valence-corrected chi connectivity index (χ1v) is 7.23. The third kappa shape index (κ3) is 2.80. The Balaban J connectivity index is 2.05. The molecular formula is C17H15ClFNO. The van der Waals surface area contributed by atoms with Crippen molar-refractivity contribution in [2.24, 2.45) is 0 Å². The van der Waals surface area contributed by atoms with Gasteiger partial charge in [-0.15, -0.1) is 0 Å². The Labute approximate surface area is 127 Å². The number of rotatable bonds is 4. The van der Waals surface area contributed by atoms with Gasteiger partial charge >= 0.3 is 0 Å². The van der Waals surface area contributed by atoms with E-state index in [0.717, 1.165) is 28.8 Å². The number of para-hydroxylation sites is 1. The maximum Gasteiger partial charge on any atom is 0.142 e. The van der Waals surface area contributed by atoms with Crippen molar-refractivity contribution in [3.05, 3.63) is 70.7 Å². The molecule has 108 valence electrons. The van der Waals surface area contributed by atoms with Crippen molar-refractivity contribution in [1.29, 1.82) is 0 Å². The molecule has 4 heteroatoms. The van der Waals surface area contributed by atoms with Gasteiger partial charge in [0.05, 0.1) is 11.1 Å². The summed E-state index contributed by atoms with van der Waals surface area (Å²) in [5.41, 5.74) is 1.61. The van der Waals surface area contributed by atoms with Crippen molar-refractivity contribution in [1.82, 2.24) is 5.32 Å². The largest absolute Gasteiger partial charge is 0.459 e. The molecule has 2 aromatic carbocycles. The highest BCUT2D eigenvalue weighted by atomic mass is 35.5. The summed E-state index contributed by atoms with van der Waals surface area (Å²) in [4.78, 5) is 0. The molecule has 0 aliphatic heterocycles. The van der Waals surface area contributed by atoms with Crippen molar-refractivity contribution in [2.75, 3.05) is 6.54 Å². The molecule has 0 fully saturated rings. The van der Waals surface area contributed by atoms with E-state index in [1.54, 1.807) is 6.07 Å². The van der Waals surface area contributed by atoms with Gasteiger partial charge in [0.15, 0.2) is 0 Å². The molecule has 2 nitrogen and oxygen atoms in total. The maximum absolute atomic E-state index is 13.7. The number of nitrogens with one attached hydrogen (secondary N) is 1. The number of hydrogen-bond acceptors (Lipinski definition) is 2. The lowest BCUT2D eigenvalue weighted by Gasteiger charge is -2.16. The highest BCUT2D eigenvalue weighted by Crippen LogP contribution is 2.29. The minimum Gasteiger partial charge on any atom is -0.459 e. The highest BCUT2D eigenvalue weighted by molar-refractivity contribution is 6.30. The molecular weight excluding hydrogens is 289 g/mol. The molecule has 1 aromatic heterocycles. The summed E-state index contributed by atoms with van der Waals surface area (Å²) in [6, 6.07) is 14.4. The van der Waals surface area contributed by atoms with E-state index in [1.807, 2.05) is 43.3 Å².